The normalized spacial score (nSPS) is 20.1. The lowest BCUT2D eigenvalue weighted by Crippen LogP contribution is -2.62. The van der Waals surface area contributed by atoms with Gasteiger partial charge in [0.2, 0.25) is 0 Å². The van der Waals surface area contributed by atoms with Crippen LogP contribution in [0.5, 0.6) is 0 Å². The van der Waals surface area contributed by atoms with Gasteiger partial charge in [0.1, 0.15) is 0 Å². The molecule has 2 aliphatic heterocycles. The number of anilines is 6. The summed E-state index contributed by atoms with van der Waals surface area (Å²) in [6.07, 6.45) is 6.10. The number of hydrogen-bond acceptors (Lipinski definition) is 2. The monoisotopic (exact) mass is 751 g/mol. The molecule has 0 bridgehead atoms. The molecule has 5 aromatic carbocycles. The lowest BCUT2D eigenvalue weighted by molar-refractivity contribution is 0.442. The lowest BCUT2D eigenvalue weighted by atomic mass is 9.33. The molecule has 3 heteroatoms. The molecule has 0 radical (unpaired) electrons. The Morgan fingerprint density at radius 2 is 0.912 bits per heavy atom. The molecule has 0 amide bonds. The third kappa shape index (κ3) is 6.04. The van der Waals surface area contributed by atoms with Crippen molar-refractivity contribution in [3.8, 4) is 0 Å². The molecule has 5 aromatic rings. The Morgan fingerprint density at radius 3 is 1.26 bits per heavy atom. The van der Waals surface area contributed by atoms with E-state index in [4.69, 9.17) is 0 Å². The van der Waals surface area contributed by atoms with Gasteiger partial charge in [0.05, 0.1) is 0 Å². The van der Waals surface area contributed by atoms with Crippen LogP contribution in [0.25, 0.3) is 0 Å². The van der Waals surface area contributed by atoms with Gasteiger partial charge in [-0.3, -0.25) is 0 Å². The standard InChI is InChI=1S/C54H63BN2/c1-34-28-39-26-27-54(39,33-34)40-31-47-49-48(32-40)57(42-22-16-36(17-23-42)51(5,6)7)46-25-19-38(53(11,12)13)30-44(46)55(49)43-29-37(52(8,9)10)18-24-45(43)56(47)41-20-14-35(15-21-41)50(2,3)4/h14-26,29-32,34H,27-28,33H2,1-13H3. The average Bonchev–Trinajstić information content (AvgIpc) is 3.36. The molecule has 1 saturated carbocycles. The fourth-order valence-electron chi connectivity index (χ4n) is 10.4. The molecule has 2 heterocycles. The molecular weight excluding hydrogens is 687 g/mol. The van der Waals surface area contributed by atoms with Crippen LogP contribution < -0.4 is 26.2 Å². The number of nitrogens with zero attached hydrogens (tertiary/aromatic N) is 2. The zero-order chi connectivity index (χ0) is 40.6. The van der Waals surface area contributed by atoms with E-state index in [-0.39, 0.29) is 33.8 Å². The van der Waals surface area contributed by atoms with Crippen molar-refractivity contribution in [2.45, 2.75) is 136 Å². The van der Waals surface area contributed by atoms with E-state index in [1.807, 2.05) is 0 Å². The maximum Gasteiger partial charge on any atom is 0.252 e. The minimum atomic E-state index is 0.0120. The molecule has 9 rings (SSSR count). The van der Waals surface area contributed by atoms with E-state index in [1.54, 1.807) is 5.57 Å². The summed E-state index contributed by atoms with van der Waals surface area (Å²) in [5.41, 5.74) is 20.8. The van der Waals surface area contributed by atoms with E-state index in [0.717, 1.165) is 6.42 Å². The summed E-state index contributed by atoms with van der Waals surface area (Å²) in [6.45, 7) is 30.6. The minimum Gasteiger partial charge on any atom is -0.311 e. The van der Waals surface area contributed by atoms with Crippen molar-refractivity contribution in [1.29, 1.82) is 0 Å². The second-order valence-corrected chi connectivity index (χ2v) is 22.2. The third-order valence-electron chi connectivity index (χ3n) is 13.9. The molecule has 0 spiro atoms. The van der Waals surface area contributed by atoms with Crippen molar-refractivity contribution in [3.63, 3.8) is 0 Å². The van der Waals surface area contributed by atoms with Crippen LogP contribution in [-0.2, 0) is 27.1 Å². The summed E-state index contributed by atoms with van der Waals surface area (Å²) in [7, 11) is 0. The molecule has 2 atom stereocenters. The van der Waals surface area contributed by atoms with Gasteiger partial charge in [-0.1, -0.05) is 150 Å². The van der Waals surface area contributed by atoms with Gasteiger partial charge in [0.15, 0.2) is 0 Å². The second kappa shape index (κ2) is 12.5. The first kappa shape index (κ1) is 38.0. The molecule has 1 fully saturated rings. The summed E-state index contributed by atoms with van der Waals surface area (Å²) in [5, 5.41) is 0. The second-order valence-electron chi connectivity index (χ2n) is 22.2. The Kier molecular flexibility index (Phi) is 8.35. The lowest BCUT2D eigenvalue weighted by Gasteiger charge is -2.47. The third-order valence-corrected chi connectivity index (χ3v) is 13.9. The quantitative estimate of drug-likeness (QED) is 0.131. The molecule has 0 N–H and O–H groups in total. The van der Waals surface area contributed by atoms with E-state index >= 15 is 0 Å². The van der Waals surface area contributed by atoms with Crippen molar-refractivity contribution in [3.05, 3.63) is 137 Å². The first-order chi connectivity index (χ1) is 26.6. The van der Waals surface area contributed by atoms with Gasteiger partial charge in [0.25, 0.3) is 6.71 Å². The molecule has 292 valence electrons. The van der Waals surface area contributed by atoms with E-state index in [0.29, 0.717) is 5.92 Å². The van der Waals surface area contributed by atoms with E-state index < -0.39 is 0 Å². The zero-order valence-corrected chi connectivity index (χ0v) is 37.0. The van der Waals surface area contributed by atoms with Crippen molar-refractivity contribution in [2.24, 2.45) is 5.92 Å². The topological polar surface area (TPSA) is 6.48 Å². The number of rotatable bonds is 3. The molecule has 0 saturated heterocycles. The number of hydrogen-bond donors (Lipinski definition) is 0. The van der Waals surface area contributed by atoms with Gasteiger partial charge in [-0.15, -0.1) is 0 Å². The predicted octanol–water partition coefficient (Wildman–Crippen LogP) is 13.0. The maximum absolute atomic E-state index is 2.63. The first-order valence-corrected chi connectivity index (χ1v) is 21.6. The molecule has 2 aliphatic carbocycles. The van der Waals surface area contributed by atoms with Crippen LogP contribution in [0.15, 0.2) is 109 Å². The summed E-state index contributed by atoms with van der Waals surface area (Å²) in [6, 6.07) is 39.0. The van der Waals surface area contributed by atoms with Crippen LogP contribution in [0, 0.1) is 5.92 Å². The summed E-state index contributed by atoms with van der Waals surface area (Å²) >= 11 is 0. The van der Waals surface area contributed by atoms with Crippen LogP contribution >= 0.6 is 0 Å². The highest BCUT2D eigenvalue weighted by Crippen LogP contribution is 2.58. The number of allylic oxidation sites excluding steroid dienone is 2. The summed E-state index contributed by atoms with van der Waals surface area (Å²) in [5.74, 6) is 0.689. The number of fused-ring (bicyclic) bond motifs is 5. The van der Waals surface area contributed by atoms with Crippen LogP contribution in [0.3, 0.4) is 0 Å². The van der Waals surface area contributed by atoms with Crippen molar-refractivity contribution in [1.82, 2.24) is 0 Å². The van der Waals surface area contributed by atoms with Crippen molar-refractivity contribution < 1.29 is 0 Å². The molecule has 2 nitrogen and oxygen atoms in total. The Hall–Kier alpha value is -4.50. The first-order valence-electron chi connectivity index (χ1n) is 21.6. The van der Waals surface area contributed by atoms with Crippen molar-refractivity contribution >= 4 is 57.2 Å². The molecule has 57 heavy (non-hydrogen) atoms. The van der Waals surface area contributed by atoms with E-state index in [2.05, 4.69) is 203 Å². The predicted molar refractivity (Wildman–Crippen MR) is 248 cm³/mol. The van der Waals surface area contributed by atoms with Gasteiger partial charge in [-0.25, -0.2) is 0 Å². The molecule has 2 unspecified atom stereocenters. The Labute approximate surface area is 344 Å². The van der Waals surface area contributed by atoms with Crippen LogP contribution in [-0.4, -0.2) is 6.71 Å². The fraction of sp³-hybridized carbons (Fsp3) is 0.407. The minimum absolute atomic E-state index is 0.0120. The van der Waals surface area contributed by atoms with Crippen molar-refractivity contribution in [2.75, 3.05) is 9.80 Å². The van der Waals surface area contributed by atoms with Gasteiger partial charge in [0, 0.05) is 39.5 Å². The zero-order valence-electron chi connectivity index (χ0n) is 37.0. The highest BCUT2D eigenvalue weighted by molar-refractivity contribution is 7.00. The van der Waals surface area contributed by atoms with E-state index in [9.17, 15) is 0 Å². The Bertz CT molecular complexity index is 2290. The average molecular weight is 751 g/mol. The smallest absolute Gasteiger partial charge is 0.252 e. The fourth-order valence-corrected chi connectivity index (χ4v) is 10.4. The van der Waals surface area contributed by atoms with Crippen LogP contribution in [0.4, 0.5) is 34.1 Å². The molecule has 4 aliphatic rings. The van der Waals surface area contributed by atoms with Crippen LogP contribution in [0.1, 0.15) is 137 Å². The van der Waals surface area contributed by atoms with Gasteiger partial charge < -0.3 is 9.80 Å². The molecule has 0 aromatic heterocycles. The molecular formula is C54H63BN2. The maximum atomic E-state index is 2.63. The van der Waals surface area contributed by atoms with E-state index in [1.165, 1.54) is 91.2 Å². The van der Waals surface area contributed by atoms with Gasteiger partial charge in [-0.2, -0.15) is 0 Å². The largest absolute Gasteiger partial charge is 0.311 e. The summed E-state index contributed by atoms with van der Waals surface area (Å²) in [4.78, 5) is 5.26. The van der Waals surface area contributed by atoms with Gasteiger partial charge in [-0.05, 0) is 140 Å². The number of benzene rings is 5. The highest BCUT2D eigenvalue weighted by Gasteiger charge is 2.50. The highest BCUT2D eigenvalue weighted by atomic mass is 15.2. The SMILES string of the molecule is CC1CC2=CCC2(c2cc3c4c(c2)N(c2ccc(C(C)(C)C)cc2)c2ccc(C(C)(C)C)cc2B4c2cc(C(C)(C)C)ccc2N3c2ccc(C(C)(C)C)cc2)C1. The summed E-state index contributed by atoms with van der Waals surface area (Å²) < 4.78 is 0. The van der Waals surface area contributed by atoms with Gasteiger partial charge >= 0.3 is 0 Å². The Morgan fingerprint density at radius 1 is 0.509 bits per heavy atom. The van der Waals surface area contributed by atoms with Crippen LogP contribution in [0.2, 0.25) is 0 Å². The Balaban J connectivity index is 1.40.